The molecule has 0 aliphatic carbocycles. The molecule has 1 saturated heterocycles. The van der Waals surface area contributed by atoms with Crippen molar-refractivity contribution < 1.29 is 9.59 Å². The zero-order valence-corrected chi connectivity index (χ0v) is 9.06. The molecule has 1 fully saturated rings. The van der Waals surface area contributed by atoms with Crippen molar-refractivity contribution in [2.24, 2.45) is 13.0 Å². The van der Waals surface area contributed by atoms with Crippen LogP contribution in [0.5, 0.6) is 0 Å². The van der Waals surface area contributed by atoms with Crippen molar-refractivity contribution in [2.45, 2.75) is 12.8 Å². The molecule has 2 N–H and O–H groups in total. The van der Waals surface area contributed by atoms with Crippen molar-refractivity contribution in [2.75, 3.05) is 11.9 Å². The van der Waals surface area contributed by atoms with Crippen LogP contribution < -0.4 is 10.6 Å². The van der Waals surface area contributed by atoms with Gasteiger partial charge in [-0.3, -0.25) is 14.3 Å². The average Bonchev–Trinajstić information content (AvgIpc) is 2.65. The fourth-order valence-electron chi connectivity index (χ4n) is 1.68. The first kappa shape index (κ1) is 10.7. The minimum absolute atomic E-state index is 0.0181. The maximum Gasteiger partial charge on any atom is 0.230 e. The summed E-state index contributed by atoms with van der Waals surface area (Å²) >= 11 is 0. The Morgan fingerprint density at radius 1 is 1.69 bits per heavy atom. The molecule has 2 amide bonds. The van der Waals surface area contributed by atoms with E-state index in [0.29, 0.717) is 25.2 Å². The van der Waals surface area contributed by atoms with Crippen LogP contribution in [-0.4, -0.2) is 28.1 Å². The molecule has 0 spiro atoms. The van der Waals surface area contributed by atoms with Gasteiger partial charge in [-0.15, -0.1) is 0 Å². The number of hydrogen-bond donors (Lipinski definition) is 2. The lowest BCUT2D eigenvalue weighted by Crippen LogP contribution is -2.40. The van der Waals surface area contributed by atoms with Gasteiger partial charge >= 0.3 is 0 Å². The lowest BCUT2D eigenvalue weighted by Gasteiger charge is -2.21. The van der Waals surface area contributed by atoms with E-state index in [2.05, 4.69) is 15.7 Å². The summed E-state index contributed by atoms with van der Waals surface area (Å²) in [6.07, 6.45) is 2.65. The number of carbonyl (C=O) groups excluding carboxylic acids is 2. The highest BCUT2D eigenvalue weighted by Gasteiger charge is 2.24. The molecule has 6 heteroatoms. The molecule has 0 radical (unpaired) electrons. The number of aryl methyl sites for hydroxylation is 1. The van der Waals surface area contributed by atoms with Gasteiger partial charge in [0.25, 0.3) is 0 Å². The quantitative estimate of drug-likeness (QED) is 0.732. The van der Waals surface area contributed by atoms with Gasteiger partial charge in [0.15, 0.2) is 0 Å². The molecule has 0 saturated carbocycles. The highest BCUT2D eigenvalue weighted by atomic mass is 16.2. The van der Waals surface area contributed by atoms with Crippen LogP contribution >= 0.6 is 0 Å². The summed E-state index contributed by atoms with van der Waals surface area (Å²) in [6.45, 7) is 0.419. The molecule has 2 heterocycles. The number of anilines is 1. The topological polar surface area (TPSA) is 76.0 Å². The Bertz CT molecular complexity index is 403. The first-order valence-electron chi connectivity index (χ1n) is 5.22. The number of amides is 2. The largest absolute Gasteiger partial charge is 0.355 e. The van der Waals surface area contributed by atoms with E-state index in [-0.39, 0.29) is 17.7 Å². The van der Waals surface area contributed by atoms with Crippen LogP contribution in [0.3, 0.4) is 0 Å². The summed E-state index contributed by atoms with van der Waals surface area (Å²) in [6, 6.07) is 1.74. The van der Waals surface area contributed by atoms with Crippen LogP contribution in [0.2, 0.25) is 0 Å². The van der Waals surface area contributed by atoms with E-state index in [1.54, 1.807) is 24.0 Å². The molecule has 1 aliphatic rings. The zero-order chi connectivity index (χ0) is 11.5. The summed E-state index contributed by atoms with van der Waals surface area (Å²) in [5, 5.41) is 9.43. The van der Waals surface area contributed by atoms with Gasteiger partial charge in [0, 0.05) is 26.1 Å². The Balaban J connectivity index is 1.93. The molecule has 2 rings (SSSR count). The van der Waals surface area contributed by atoms with E-state index in [9.17, 15) is 9.59 Å². The van der Waals surface area contributed by atoms with Crippen LogP contribution in [0.4, 0.5) is 5.82 Å². The second-order valence-corrected chi connectivity index (χ2v) is 3.87. The van der Waals surface area contributed by atoms with Gasteiger partial charge in [-0.1, -0.05) is 0 Å². The molecule has 1 aromatic heterocycles. The van der Waals surface area contributed by atoms with Gasteiger partial charge in [0.2, 0.25) is 11.8 Å². The van der Waals surface area contributed by atoms with E-state index in [0.717, 1.165) is 0 Å². The van der Waals surface area contributed by atoms with Gasteiger partial charge in [0.1, 0.15) is 5.82 Å². The third-order valence-electron chi connectivity index (χ3n) is 2.71. The van der Waals surface area contributed by atoms with E-state index in [4.69, 9.17) is 0 Å². The van der Waals surface area contributed by atoms with E-state index < -0.39 is 0 Å². The first-order chi connectivity index (χ1) is 7.66. The van der Waals surface area contributed by atoms with Crippen LogP contribution in [0.25, 0.3) is 0 Å². The second kappa shape index (κ2) is 4.34. The smallest absolute Gasteiger partial charge is 0.230 e. The lowest BCUT2D eigenvalue weighted by molar-refractivity contribution is -0.126. The van der Waals surface area contributed by atoms with Gasteiger partial charge < -0.3 is 10.6 Å². The van der Waals surface area contributed by atoms with Crippen molar-refractivity contribution in [1.82, 2.24) is 15.1 Å². The van der Waals surface area contributed by atoms with Crippen molar-refractivity contribution >= 4 is 17.6 Å². The predicted octanol–water partition coefficient (Wildman–Crippen LogP) is -0.115. The molecule has 1 aliphatic heterocycles. The van der Waals surface area contributed by atoms with E-state index in [1.807, 2.05) is 0 Å². The minimum atomic E-state index is -0.146. The molecular weight excluding hydrogens is 208 g/mol. The summed E-state index contributed by atoms with van der Waals surface area (Å²) in [7, 11) is 1.76. The number of rotatable bonds is 2. The Labute approximate surface area is 93.0 Å². The Morgan fingerprint density at radius 2 is 2.50 bits per heavy atom. The van der Waals surface area contributed by atoms with Crippen LogP contribution in [0.1, 0.15) is 12.8 Å². The molecule has 1 aromatic rings. The fraction of sp³-hybridized carbons (Fsp3) is 0.500. The van der Waals surface area contributed by atoms with Crippen LogP contribution in [0, 0.1) is 5.92 Å². The fourth-order valence-corrected chi connectivity index (χ4v) is 1.68. The maximum atomic E-state index is 11.8. The van der Waals surface area contributed by atoms with Gasteiger partial charge in [-0.2, -0.15) is 5.10 Å². The summed E-state index contributed by atoms with van der Waals surface area (Å²) in [5.41, 5.74) is 0. The monoisotopic (exact) mass is 222 g/mol. The Morgan fingerprint density at radius 3 is 3.06 bits per heavy atom. The van der Waals surface area contributed by atoms with Crippen LogP contribution in [-0.2, 0) is 16.6 Å². The van der Waals surface area contributed by atoms with E-state index in [1.165, 1.54) is 0 Å². The Kier molecular flexibility index (Phi) is 2.89. The lowest BCUT2D eigenvalue weighted by atomic mass is 9.98. The molecule has 0 bridgehead atoms. The number of aromatic nitrogens is 2. The number of carbonyl (C=O) groups is 2. The maximum absolute atomic E-state index is 11.8. The minimum Gasteiger partial charge on any atom is -0.355 e. The summed E-state index contributed by atoms with van der Waals surface area (Å²) < 4.78 is 1.60. The third kappa shape index (κ3) is 2.21. The first-order valence-corrected chi connectivity index (χ1v) is 5.22. The molecule has 1 atom stereocenters. The van der Waals surface area contributed by atoms with E-state index >= 15 is 0 Å². The standard InChI is InChI=1S/C10H14N4O2/c1-14-8(4-5-12-14)13-10(16)7-2-3-9(15)11-6-7/h4-5,7H,2-3,6H2,1H3,(H,11,15)(H,13,16). The normalized spacial score (nSPS) is 20.3. The van der Waals surface area contributed by atoms with Crippen molar-refractivity contribution in [3.8, 4) is 0 Å². The zero-order valence-electron chi connectivity index (χ0n) is 9.06. The van der Waals surface area contributed by atoms with Crippen molar-refractivity contribution in [1.29, 1.82) is 0 Å². The molecule has 1 unspecified atom stereocenters. The predicted molar refractivity (Wildman–Crippen MR) is 57.6 cm³/mol. The molecular formula is C10H14N4O2. The number of nitrogens with one attached hydrogen (secondary N) is 2. The SMILES string of the molecule is Cn1nccc1NC(=O)C1CCC(=O)NC1. The van der Waals surface area contributed by atoms with Crippen LogP contribution in [0.15, 0.2) is 12.3 Å². The molecule has 6 nitrogen and oxygen atoms in total. The summed E-state index contributed by atoms with van der Waals surface area (Å²) in [5.74, 6) is 0.475. The summed E-state index contributed by atoms with van der Waals surface area (Å²) in [4.78, 5) is 22.8. The van der Waals surface area contributed by atoms with Crippen molar-refractivity contribution in [3.63, 3.8) is 0 Å². The number of piperidine rings is 1. The Hall–Kier alpha value is -1.85. The second-order valence-electron chi connectivity index (χ2n) is 3.87. The van der Waals surface area contributed by atoms with Gasteiger partial charge in [-0.25, -0.2) is 0 Å². The number of hydrogen-bond acceptors (Lipinski definition) is 3. The average molecular weight is 222 g/mol. The van der Waals surface area contributed by atoms with Gasteiger partial charge in [-0.05, 0) is 6.42 Å². The van der Waals surface area contributed by atoms with Crippen molar-refractivity contribution in [3.05, 3.63) is 12.3 Å². The number of nitrogens with zero attached hydrogens (tertiary/aromatic N) is 2. The third-order valence-corrected chi connectivity index (χ3v) is 2.71. The highest BCUT2D eigenvalue weighted by Crippen LogP contribution is 2.13. The highest BCUT2D eigenvalue weighted by molar-refractivity contribution is 5.93. The molecule has 0 aromatic carbocycles. The molecule has 16 heavy (non-hydrogen) atoms. The van der Waals surface area contributed by atoms with Gasteiger partial charge in [0.05, 0.1) is 12.1 Å². The molecule has 86 valence electrons.